The number of piperidine rings is 1. The first kappa shape index (κ1) is 32.2. The molecule has 0 spiro atoms. The molecule has 43 heavy (non-hydrogen) atoms. The highest BCUT2D eigenvalue weighted by atomic mass is 32.1. The van der Waals surface area contributed by atoms with E-state index in [1.165, 1.54) is 21.1 Å². The minimum atomic E-state index is -0.899. The largest absolute Gasteiger partial charge is 0.444 e. The second kappa shape index (κ2) is 14.2. The van der Waals surface area contributed by atoms with Crippen LogP contribution < -0.4 is 0 Å². The molecular formula is C34H43N3O5S. The number of likely N-dealkylation sites (N-methyl/N-ethyl adjacent to an activating group) is 2. The third kappa shape index (κ3) is 8.67. The Morgan fingerprint density at radius 1 is 0.884 bits per heavy atom. The molecule has 4 rings (SSSR count). The molecule has 2 heterocycles. The van der Waals surface area contributed by atoms with Gasteiger partial charge in [-0.1, -0.05) is 60.7 Å². The SMILES string of the molecule is CN(C(=O)OC(C)(C)C)[C@H](Cc1ccc(-c2ccccc2)cc1)C(=O)N(C)[C@H](Cc1cccs1)C(=O)N1CCC(O)CC1. The Hall–Kier alpha value is -3.69. The molecule has 0 unspecified atom stereocenters. The molecule has 1 N–H and O–H groups in total. The van der Waals surface area contributed by atoms with E-state index in [-0.39, 0.29) is 18.2 Å². The van der Waals surface area contributed by atoms with Crippen molar-refractivity contribution in [2.45, 2.75) is 70.2 Å². The quantitative estimate of drug-likeness (QED) is 0.360. The Morgan fingerprint density at radius 2 is 1.51 bits per heavy atom. The summed E-state index contributed by atoms with van der Waals surface area (Å²) in [6, 6.07) is 20.2. The van der Waals surface area contributed by atoms with E-state index in [2.05, 4.69) is 0 Å². The Kier molecular flexibility index (Phi) is 10.6. The predicted molar refractivity (Wildman–Crippen MR) is 170 cm³/mol. The smallest absolute Gasteiger partial charge is 0.410 e. The number of carbonyl (C=O) groups is 3. The van der Waals surface area contributed by atoms with Crippen LogP contribution >= 0.6 is 11.3 Å². The summed E-state index contributed by atoms with van der Waals surface area (Å²) in [5, 5.41) is 11.9. The summed E-state index contributed by atoms with van der Waals surface area (Å²) in [6.07, 6.45) is 0.623. The van der Waals surface area contributed by atoms with Crippen molar-refractivity contribution >= 4 is 29.2 Å². The number of aliphatic hydroxyl groups excluding tert-OH is 1. The molecule has 8 nitrogen and oxygen atoms in total. The number of amides is 3. The number of likely N-dealkylation sites (tertiary alicyclic amines) is 1. The molecule has 1 saturated heterocycles. The summed E-state index contributed by atoms with van der Waals surface area (Å²) in [4.78, 5) is 47.0. The standard InChI is InChI=1S/C34H43N3O5S/c1-34(2,3)42-33(41)36(5)29(22-24-13-15-26(16-14-24)25-10-7-6-8-11-25)31(39)35(4)30(23-28-12-9-21-43-28)32(40)37-19-17-27(38)18-20-37/h6-16,21,27,29-30,38H,17-20,22-23H2,1-5H3/t29-,30-/m1/s1. The Balaban J connectivity index is 1.62. The Labute approximate surface area is 258 Å². The van der Waals surface area contributed by atoms with Gasteiger partial charge in [-0.2, -0.15) is 0 Å². The van der Waals surface area contributed by atoms with Gasteiger partial charge in [0.05, 0.1) is 6.10 Å². The first-order valence-corrected chi connectivity index (χ1v) is 15.7. The lowest BCUT2D eigenvalue weighted by Gasteiger charge is -2.38. The first-order valence-electron chi connectivity index (χ1n) is 14.8. The first-order chi connectivity index (χ1) is 20.4. The molecule has 0 bridgehead atoms. The molecule has 0 radical (unpaired) electrons. The van der Waals surface area contributed by atoms with E-state index < -0.39 is 29.9 Å². The second-order valence-electron chi connectivity index (χ2n) is 12.2. The average Bonchev–Trinajstić information content (AvgIpc) is 3.51. The fourth-order valence-electron chi connectivity index (χ4n) is 5.23. The zero-order valence-corrected chi connectivity index (χ0v) is 26.5. The summed E-state index contributed by atoms with van der Waals surface area (Å²) in [7, 11) is 3.22. The highest BCUT2D eigenvalue weighted by Crippen LogP contribution is 2.24. The third-order valence-electron chi connectivity index (χ3n) is 7.78. The minimum Gasteiger partial charge on any atom is -0.444 e. The summed E-state index contributed by atoms with van der Waals surface area (Å²) in [5.74, 6) is -0.491. The van der Waals surface area contributed by atoms with Crippen molar-refractivity contribution in [2.75, 3.05) is 27.2 Å². The summed E-state index contributed by atoms with van der Waals surface area (Å²) in [5.41, 5.74) is 2.29. The molecule has 2 atom stereocenters. The number of nitrogens with zero attached hydrogens (tertiary/aromatic N) is 3. The topological polar surface area (TPSA) is 90.4 Å². The minimum absolute atomic E-state index is 0.151. The molecule has 0 aliphatic carbocycles. The second-order valence-corrected chi connectivity index (χ2v) is 13.2. The number of hydrogen-bond acceptors (Lipinski definition) is 6. The molecule has 1 aromatic heterocycles. The van der Waals surface area contributed by atoms with Crippen LogP contribution in [0.3, 0.4) is 0 Å². The van der Waals surface area contributed by atoms with Crippen molar-refractivity contribution in [2.24, 2.45) is 0 Å². The molecule has 1 aliphatic heterocycles. The molecule has 3 aromatic rings. The molecular weight excluding hydrogens is 562 g/mol. The van der Waals surface area contributed by atoms with E-state index in [1.807, 2.05) is 72.1 Å². The van der Waals surface area contributed by atoms with E-state index in [0.29, 0.717) is 32.4 Å². The van der Waals surface area contributed by atoms with Gasteiger partial charge in [-0.15, -0.1) is 11.3 Å². The van der Waals surface area contributed by atoms with Crippen LogP contribution in [0.2, 0.25) is 0 Å². The molecule has 0 saturated carbocycles. The van der Waals surface area contributed by atoms with Crippen molar-refractivity contribution in [1.29, 1.82) is 0 Å². The maximum atomic E-state index is 14.3. The highest BCUT2D eigenvalue weighted by Gasteiger charge is 2.38. The lowest BCUT2D eigenvalue weighted by Crippen LogP contribution is -2.57. The lowest BCUT2D eigenvalue weighted by molar-refractivity contribution is -0.148. The fourth-order valence-corrected chi connectivity index (χ4v) is 5.98. The van der Waals surface area contributed by atoms with Gasteiger partial charge in [-0.3, -0.25) is 14.5 Å². The van der Waals surface area contributed by atoms with Crippen molar-refractivity contribution in [3.05, 3.63) is 82.6 Å². The van der Waals surface area contributed by atoms with Crippen molar-refractivity contribution in [3.8, 4) is 11.1 Å². The summed E-state index contributed by atoms with van der Waals surface area (Å²) >= 11 is 1.54. The van der Waals surface area contributed by atoms with Gasteiger partial charge in [0.2, 0.25) is 11.8 Å². The maximum Gasteiger partial charge on any atom is 0.410 e. The predicted octanol–water partition coefficient (Wildman–Crippen LogP) is 5.25. The number of hydrogen-bond donors (Lipinski definition) is 1. The Morgan fingerprint density at radius 3 is 2.09 bits per heavy atom. The number of aliphatic hydroxyl groups is 1. The summed E-state index contributed by atoms with van der Waals surface area (Å²) < 4.78 is 5.64. The average molecular weight is 606 g/mol. The van der Waals surface area contributed by atoms with Gasteiger partial charge in [0, 0.05) is 44.9 Å². The zero-order valence-electron chi connectivity index (χ0n) is 25.7. The van der Waals surface area contributed by atoms with E-state index in [9.17, 15) is 19.5 Å². The summed E-state index contributed by atoms with van der Waals surface area (Å²) in [6.45, 7) is 6.25. The van der Waals surface area contributed by atoms with E-state index in [1.54, 1.807) is 39.8 Å². The lowest BCUT2D eigenvalue weighted by atomic mass is 9.98. The van der Waals surface area contributed by atoms with Gasteiger partial charge in [-0.05, 0) is 61.7 Å². The highest BCUT2D eigenvalue weighted by molar-refractivity contribution is 7.09. The van der Waals surface area contributed by atoms with E-state index >= 15 is 0 Å². The van der Waals surface area contributed by atoms with Gasteiger partial charge in [0.15, 0.2) is 0 Å². The van der Waals surface area contributed by atoms with Gasteiger partial charge < -0.3 is 19.6 Å². The van der Waals surface area contributed by atoms with Crippen LogP contribution in [0.4, 0.5) is 4.79 Å². The molecule has 9 heteroatoms. The molecule has 3 amide bonds. The molecule has 1 fully saturated rings. The van der Waals surface area contributed by atoms with Gasteiger partial charge >= 0.3 is 6.09 Å². The maximum absolute atomic E-state index is 14.3. The van der Waals surface area contributed by atoms with Gasteiger partial charge in [-0.25, -0.2) is 4.79 Å². The van der Waals surface area contributed by atoms with Gasteiger partial charge in [0.1, 0.15) is 17.7 Å². The third-order valence-corrected chi connectivity index (χ3v) is 8.67. The Bertz CT molecular complexity index is 1350. The van der Waals surface area contributed by atoms with Crippen molar-refractivity contribution in [1.82, 2.24) is 14.7 Å². The van der Waals surface area contributed by atoms with E-state index in [0.717, 1.165) is 21.6 Å². The van der Waals surface area contributed by atoms with Crippen LogP contribution in [0.15, 0.2) is 72.1 Å². The number of thiophene rings is 1. The van der Waals surface area contributed by atoms with Crippen molar-refractivity contribution in [3.63, 3.8) is 0 Å². The van der Waals surface area contributed by atoms with Crippen LogP contribution in [0.5, 0.6) is 0 Å². The number of ether oxygens (including phenoxy) is 1. The zero-order chi connectivity index (χ0) is 31.1. The molecule has 230 valence electrons. The number of rotatable bonds is 9. The van der Waals surface area contributed by atoms with Gasteiger partial charge in [0.25, 0.3) is 0 Å². The normalized spacial score (nSPS) is 15.4. The van der Waals surface area contributed by atoms with Crippen LogP contribution in [0, 0.1) is 0 Å². The van der Waals surface area contributed by atoms with E-state index in [4.69, 9.17) is 4.74 Å². The van der Waals surface area contributed by atoms with Crippen LogP contribution in [-0.2, 0) is 27.2 Å². The van der Waals surface area contributed by atoms with Crippen molar-refractivity contribution < 1.29 is 24.2 Å². The number of carbonyl (C=O) groups excluding carboxylic acids is 3. The van der Waals surface area contributed by atoms with Crippen LogP contribution in [0.1, 0.15) is 44.1 Å². The molecule has 1 aliphatic rings. The monoisotopic (exact) mass is 605 g/mol. The fraction of sp³-hybridized carbons (Fsp3) is 0.441. The van der Waals surface area contributed by atoms with Crippen LogP contribution in [0.25, 0.3) is 11.1 Å². The molecule has 2 aromatic carbocycles. The number of benzene rings is 2. The van der Waals surface area contributed by atoms with Crippen LogP contribution in [-0.4, -0.2) is 88.7 Å².